The minimum atomic E-state index is -0.826. The van der Waals surface area contributed by atoms with Crippen molar-refractivity contribution < 1.29 is 8.78 Å². The van der Waals surface area contributed by atoms with E-state index in [0.29, 0.717) is 5.56 Å². The van der Waals surface area contributed by atoms with E-state index in [1.54, 1.807) is 11.1 Å². The maximum atomic E-state index is 12.5. The van der Waals surface area contributed by atoms with E-state index >= 15 is 0 Å². The SMILES string of the molecule is Fc1ccc(C=CBr)cc1F. The lowest BCUT2D eigenvalue weighted by Crippen LogP contribution is -1.82. The largest absolute Gasteiger partial charge is 0.204 e. The van der Waals surface area contributed by atoms with Crippen LogP contribution in [0.15, 0.2) is 23.2 Å². The molecule has 0 N–H and O–H groups in total. The molecule has 0 unspecified atom stereocenters. The molecule has 0 aliphatic heterocycles. The first-order valence-corrected chi connectivity index (χ1v) is 3.87. The summed E-state index contributed by atoms with van der Waals surface area (Å²) in [5.41, 5.74) is 0.626. The molecule has 1 aromatic rings. The summed E-state index contributed by atoms with van der Waals surface area (Å²) in [7, 11) is 0. The second-order valence-corrected chi connectivity index (χ2v) is 2.49. The van der Waals surface area contributed by atoms with Crippen LogP contribution in [0.25, 0.3) is 6.08 Å². The third kappa shape index (κ3) is 2.12. The lowest BCUT2D eigenvalue weighted by Gasteiger charge is -1.93. The Morgan fingerprint density at radius 2 is 1.91 bits per heavy atom. The topological polar surface area (TPSA) is 0 Å². The standard InChI is InChI=1S/C8H5BrF2/c9-4-3-6-1-2-7(10)8(11)5-6/h1-5H. The Kier molecular flexibility index (Phi) is 2.76. The fourth-order valence-electron chi connectivity index (χ4n) is 0.689. The van der Waals surface area contributed by atoms with Crippen LogP contribution in [-0.2, 0) is 0 Å². The van der Waals surface area contributed by atoms with Gasteiger partial charge in [-0.05, 0) is 28.8 Å². The summed E-state index contributed by atoms with van der Waals surface area (Å²) in [6.45, 7) is 0. The molecule has 0 saturated heterocycles. The molecule has 1 rings (SSSR count). The fraction of sp³-hybridized carbons (Fsp3) is 0. The smallest absolute Gasteiger partial charge is 0.159 e. The highest BCUT2D eigenvalue weighted by Crippen LogP contribution is 2.10. The van der Waals surface area contributed by atoms with Crippen LogP contribution in [0.1, 0.15) is 5.56 Å². The molecule has 3 heteroatoms. The Morgan fingerprint density at radius 3 is 2.45 bits per heavy atom. The fourth-order valence-corrected chi connectivity index (χ4v) is 0.994. The maximum absolute atomic E-state index is 12.5. The van der Waals surface area contributed by atoms with Gasteiger partial charge in [0.05, 0.1) is 0 Å². The average molecular weight is 219 g/mol. The molecule has 0 saturated carbocycles. The minimum Gasteiger partial charge on any atom is -0.204 e. The van der Waals surface area contributed by atoms with Gasteiger partial charge in [-0.3, -0.25) is 0 Å². The van der Waals surface area contributed by atoms with Gasteiger partial charge in [-0.1, -0.05) is 22.0 Å². The number of hydrogen-bond donors (Lipinski definition) is 0. The van der Waals surface area contributed by atoms with Gasteiger partial charge in [-0.15, -0.1) is 0 Å². The van der Waals surface area contributed by atoms with E-state index in [4.69, 9.17) is 0 Å². The van der Waals surface area contributed by atoms with Gasteiger partial charge in [-0.2, -0.15) is 0 Å². The summed E-state index contributed by atoms with van der Waals surface area (Å²) in [6.07, 6.45) is 1.63. The number of hydrogen-bond acceptors (Lipinski definition) is 0. The van der Waals surface area contributed by atoms with Crippen LogP contribution < -0.4 is 0 Å². The Balaban J connectivity index is 3.05. The van der Waals surface area contributed by atoms with Gasteiger partial charge in [-0.25, -0.2) is 8.78 Å². The van der Waals surface area contributed by atoms with E-state index in [9.17, 15) is 8.78 Å². The number of rotatable bonds is 1. The summed E-state index contributed by atoms with van der Waals surface area (Å²) < 4.78 is 24.8. The van der Waals surface area contributed by atoms with Gasteiger partial charge in [0, 0.05) is 0 Å². The van der Waals surface area contributed by atoms with Crippen molar-refractivity contribution >= 4 is 22.0 Å². The van der Waals surface area contributed by atoms with Crippen LogP contribution in [0.2, 0.25) is 0 Å². The third-order valence-corrected chi connectivity index (χ3v) is 1.46. The first-order valence-electron chi connectivity index (χ1n) is 2.96. The zero-order valence-corrected chi connectivity index (χ0v) is 7.11. The highest BCUT2D eigenvalue weighted by molar-refractivity contribution is 9.11. The monoisotopic (exact) mass is 218 g/mol. The first-order chi connectivity index (χ1) is 5.24. The molecular formula is C8H5BrF2. The van der Waals surface area contributed by atoms with Crippen LogP contribution in [-0.4, -0.2) is 0 Å². The second kappa shape index (κ2) is 3.62. The lowest BCUT2D eigenvalue weighted by atomic mass is 10.2. The Hall–Kier alpha value is -0.700. The molecule has 58 valence electrons. The van der Waals surface area contributed by atoms with Gasteiger partial charge in [0.15, 0.2) is 11.6 Å². The maximum Gasteiger partial charge on any atom is 0.159 e. The van der Waals surface area contributed by atoms with E-state index in [-0.39, 0.29) is 0 Å². The van der Waals surface area contributed by atoms with Gasteiger partial charge in [0.25, 0.3) is 0 Å². The molecule has 1 aromatic carbocycles. The third-order valence-electron chi connectivity index (χ3n) is 1.20. The molecular weight excluding hydrogens is 214 g/mol. The first kappa shape index (κ1) is 8.40. The number of benzene rings is 1. The quantitative estimate of drug-likeness (QED) is 0.679. The predicted octanol–water partition coefficient (Wildman–Crippen LogP) is 3.33. The molecule has 0 nitrogen and oxygen atoms in total. The average Bonchev–Trinajstić information content (AvgIpc) is 1.98. The molecule has 0 aliphatic rings. The Morgan fingerprint density at radius 1 is 1.18 bits per heavy atom. The number of halogens is 3. The van der Waals surface area contributed by atoms with Gasteiger partial charge in [0.2, 0.25) is 0 Å². The highest BCUT2D eigenvalue weighted by Gasteiger charge is 1.98. The van der Waals surface area contributed by atoms with Gasteiger partial charge in [0.1, 0.15) is 0 Å². The van der Waals surface area contributed by atoms with E-state index < -0.39 is 11.6 Å². The molecule has 0 radical (unpaired) electrons. The molecule has 0 aromatic heterocycles. The van der Waals surface area contributed by atoms with Crippen molar-refractivity contribution in [2.75, 3.05) is 0 Å². The van der Waals surface area contributed by atoms with Crippen LogP contribution in [0.5, 0.6) is 0 Å². The van der Waals surface area contributed by atoms with Crippen molar-refractivity contribution in [3.8, 4) is 0 Å². The zero-order chi connectivity index (χ0) is 8.27. The summed E-state index contributed by atoms with van der Waals surface area (Å²) in [5.74, 6) is -1.65. The summed E-state index contributed by atoms with van der Waals surface area (Å²) in [6, 6.07) is 3.72. The predicted molar refractivity (Wildman–Crippen MR) is 44.3 cm³/mol. The molecule has 0 heterocycles. The second-order valence-electron chi connectivity index (χ2n) is 1.97. The van der Waals surface area contributed by atoms with Crippen molar-refractivity contribution in [1.82, 2.24) is 0 Å². The van der Waals surface area contributed by atoms with Crippen molar-refractivity contribution in [3.05, 3.63) is 40.4 Å². The van der Waals surface area contributed by atoms with Crippen molar-refractivity contribution in [3.63, 3.8) is 0 Å². The molecule has 0 atom stereocenters. The Labute approximate surface area is 71.7 Å². The van der Waals surface area contributed by atoms with E-state index in [2.05, 4.69) is 15.9 Å². The van der Waals surface area contributed by atoms with Crippen LogP contribution in [0.4, 0.5) is 8.78 Å². The summed E-state index contributed by atoms with van der Waals surface area (Å²) in [4.78, 5) is 1.58. The lowest BCUT2D eigenvalue weighted by molar-refractivity contribution is 0.508. The van der Waals surface area contributed by atoms with Crippen molar-refractivity contribution in [1.29, 1.82) is 0 Å². The Bertz CT molecular complexity index is 281. The van der Waals surface area contributed by atoms with E-state index in [1.165, 1.54) is 6.07 Å². The summed E-state index contributed by atoms with van der Waals surface area (Å²) >= 11 is 3.03. The molecule has 0 aliphatic carbocycles. The molecule has 0 amide bonds. The molecule has 11 heavy (non-hydrogen) atoms. The highest BCUT2D eigenvalue weighted by atomic mass is 79.9. The zero-order valence-electron chi connectivity index (χ0n) is 5.52. The minimum absolute atomic E-state index is 0.626. The normalized spacial score (nSPS) is 10.8. The van der Waals surface area contributed by atoms with Gasteiger partial charge >= 0.3 is 0 Å². The van der Waals surface area contributed by atoms with E-state index in [0.717, 1.165) is 12.1 Å². The van der Waals surface area contributed by atoms with Crippen LogP contribution in [0.3, 0.4) is 0 Å². The van der Waals surface area contributed by atoms with Crippen molar-refractivity contribution in [2.24, 2.45) is 0 Å². The van der Waals surface area contributed by atoms with Crippen molar-refractivity contribution in [2.45, 2.75) is 0 Å². The van der Waals surface area contributed by atoms with E-state index in [1.807, 2.05) is 0 Å². The summed E-state index contributed by atoms with van der Waals surface area (Å²) in [5, 5.41) is 0. The molecule has 0 bridgehead atoms. The van der Waals surface area contributed by atoms with Crippen LogP contribution >= 0.6 is 15.9 Å². The van der Waals surface area contributed by atoms with Crippen LogP contribution in [0, 0.1) is 11.6 Å². The molecule has 0 fully saturated rings. The molecule has 0 spiro atoms. The van der Waals surface area contributed by atoms with Gasteiger partial charge < -0.3 is 0 Å².